The van der Waals surface area contributed by atoms with Crippen molar-refractivity contribution in [3.8, 4) is 5.75 Å². The molecule has 0 radical (unpaired) electrons. The number of methoxy groups -OCH3 is 1. The van der Waals surface area contributed by atoms with Gasteiger partial charge in [-0.1, -0.05) is 0 Å². The first kappa shape index (κ1) is 19.1. The fraction of sp³-hybridized carbons (Fsp3) is 0.619. The number of piperidine rings is 1. The van der Waals surface area contributed by atoms with Gasteiger partial charge in [0.15, 0.2) is 0 Å². The first-order valence-electron chi connectivity index (χ1n) is 10.3. The van der Waals surface area contributed by atoms with Crippen LogP contribution in [0, 0.1) is 0 Å². The van der Waals surface area contributed by atoms with Crippen LogP contribution in [0.4, 0.5) is 10.5 Å². The molecule has 28 heavy (non-hydrogen) atoms. The summed E-state index contributed by atoms with van der Waals surface area (Å²) in [4.78, 5) is 32.0. The van der Waals surface area contributed by atoms with Gasteiger partial charge in [0.2, 0.25) is 0 Å². The number of ether oxygens (including phenoxy) is 1. The Hall–Kier alpha value is -2.28. The molecule has 3 fully saturated rings. The van der Waals surface area contributed by atoms with Crippen LogP contribution in [0.2, 0.25) is 0 Å². The minimum Gasteiger partial charge on any atom is -0.495 e. The molecule has 0 aliphatic carbocycles. The largest absolute Gasteiger partial charge is 0.495 e. The van der Waals surface area contributed by atoms with Crippen LogP contribution < -0.4 is 10.1 Å². The molecule has 0 saturated carbocycles. The molecular formula is C21H30N4O3. The zero-order chi connectivity index (χ0) is 19.7. The lowest BCUT2D eigenvalue weighted by Gasteiger charge is -2.35. The standard InChI is InChI=1S/C21H30N4O3/c1-23-10-12-24(13-11-23)20(26)15-6-9-19(28-2)18(14-15)22-21(27)25-16-4-3-5-17(25)8-7-16/h6,9,14,16-17H,3-5,7-8,10-13H2,1-2H3,(H,22,27). The first-order valence-corrected chi connectivity index (χ1v) is 10.3. The molecule has 7 nitrogen and oxygen atoms in total. The van der Waals surface area contributed by atoms with Gasteiger partial charge in [0.25, 0.3) is 5.91 Å². The van der Waals surface area contributed by atoms with E-state index in [0.717, 1.165) is 51.9 Å². The van der Waals surface area contributed by atoms with Crippen molar-refractivity contribution in [1.82, 2.24) is 14.7 Å². The molecule has 1 aromatic rings. The molecule has 1 N–H and O–H groups in total. The van der Waals surface area contributed by atoms with Crippen molar-refractivity contribution in [3.05, 3.63) is 23.8 Å². The molecule has 3 aliphatic heterocycles. The highest BCUT2D eigenvalue weighted by atomic mass is 16.5. The number of likely N-dealkylation sites (N-methyl/N-ethyl adjacent to an activating group) is 1. The van der Waals surface area contributed by atoms with Crippen LogP contribution in [-0.4, -0.2) is 79.1 Å². The lowest BCUT2D eigenvalue weighted by Crippen LogP contribution is -2.47. The van der Waals surface area contributed by atoms with Gasteiger partial charge >= 0.3 is 6.03 Å². The molecule has 0 spiro atoms. The van der Waals surface area contributed by atoms with Crippen LogP contribution in [-0.2, 0) is 0 Å². The Morgan fingerprint density at radius 2 is 1.71 bits per heavy atom. The van der Waals surface area contributed by atoms with E-state index in [-0.39, 0.29) is 11.9 Å². The van der Waals surface area contributed by atoms with Crippen LogP contribution in [0.1, 0.15) is 42.5 Å². The van der Waals surface area contributed by atoms with Crippen molar-refractivity contribution in [2.24, 2.45) is 0 Å². The summed E-state index contributed by atoms with van der Waals surface area (Å²) in [5.74, 6) is 0.580. The van der Waals surface area contributed by atoms with Crippen molar-refractivity contribution in [3.63, 3.8) is 0 Å². The number of hydrogen-bond donors (Lipinski definition) is 1. The average molecular weight is 386 g/mol. The number of fused-ring (bicyclic) bond motifs is 2. The molecule has 1 aromatic carbocycles. The number of hydrogen-bond acceptors (Lipinski definition) is 4. The third-order valence-corrected chi connectivity index (χ3v) is 6.41. The maximum Gasteiger partial charge on any atom is 0.322 e. The summed E-state index contributed by atoms with van der Waals surface area (Å²) >= 11 is 0. The number of benzene rings is 1. The third kappa shape index (κ3) is 3.68. The fourth-order valence-electron chi connectivity index (χ4n) is 4.76. The van der Waals surface area contributed by atoms with Crippen molar-refractivity contribution < 1.29 is 14.3 Å². The lowest BCUT2D eigenvalue weighted by molar-refractivity contribution is 0.0664. The van der Waals surface area contributed by atoms with Crippen molar-refractivity contribution >= 4 is 17.6 Å². The molecule has 3 amide bonds. The van der Waals surface area contributed by atoms with Crippen molar-refractivity contribution in [2.45, 2.75) is 44.2 Å². The van der Waals surface area contributed by atoms with Crippen LogP contribution in [0.15, 0.2) is 18.2 Å². The Bertz CT molecular complexity index is 729. The van der Waals surface area contributed by atoms with E-state index in [1.165, 1.54) is 6.42 Å². The summed E-state index contributed by atoms with van der Waals surface area (Å²) in [7, 11) is 3.65. The number of carbonyl (C=O) groups is 2. The normalized spacial score (nSPS) is 24.9. The van der Waals surface area contributed by atoms with E-state index in [0.29, 0.717) is 29.1 Å². The summed E-state index contributed by atoms with van der Waals surface area (Å²) in [6.45, 7) is 3.20. The maximum atomic E-state index is 13.0. The van der Waals surface area contributed by atoms with Crippen LogP contribution in [0.5, 0.6) is 5.75 Å². The summed E-state index contributed by atoms with van der Waals surface area (Å²) < 4.78 is 5.43. The number of nitrogens with one attached hydrogen (secondary N) is 1. The van der Waals surface area contributed by atoms with E-state index in [1.54, 1.807) is 25.3 Å². The Morgan fingerprint density at radius 3 is 2.36 bits per heavy atom. The number of carbonyl (C=O) groups excluding carboxylic acids is 2. The molecule has 3 saturated heterocycles. The molecule has 152 valence electrons. The van der Waals surface area contributed by atoms with Gasteiger partial charge < -0.3 is 24.8 Å². The van der Waals surface area contributed by atoms with Crippen molar-refractivity contribution in [2.75, 3.05) is 45.7 Å². The number of anilines is 1. The molecule has 7 heteroatoms. The SMILES string of the molecule is COc1ccc(C(=O)N2CCN(C)CC2)cc1NC(=O)N1C2CCCC1CC2. The smallest absolute Gasteiger partial charge is 0.322 e. The van der Waals surface area contributed by atoms with Gasteiger partial charge in [-0.3, -0.25) is 4.79 Å². The summed E-state index contributed by atoms with van der Waals surface area (Å²) in [5, 5.41) is 3.02. The highest BCUT2D eigenvalue weighted by molar-refractivity contribution is 5.98. The van der Waals surface area contributed by atoms with E-state index < -0.39 is 0 Å². The number of piperazine rings is 1. The van der Waals surface area contributed by atoms with Crippen LogP contribution in [0.25, 0.3) is 0 Å². The molecule has 2 unspecified atom stereocenters. The molecular weight excluding hydrogens is 356 g/mol. The van der Waals surface area contributed by atoms with Crippen molar-refractivity contribution in [1.29, 1.82) is 0 Å². The Balaban J connectivity index is 1.50. The Morgan fingerprint density at radius 1 is 1.04 bits per heavy atom. The first-order chi connectivity index (χ1) is 13.6. The lowest BCUT2D eigenvalue weighted by atomic mass is 10.0. The van der Waals surface area contributed by atoms with Gasteiger partial charge in [-0.25, -0.2) is 4.79 Å². The van der Waals surface area contributed by atoms with Gasteiger partial charge in [0.1, 0.15) is 5.75 Å². The van der Waals surface area contributed by atoms with Gasteiger partial charge in [-0.05, 0) is 57.4 Å². The van der Waals surface area contributed by atoms with E-state index in [1.807, 2.05) is 9.80 Å². The highest BCUT2D eigenvalue weighted by Crippen LogP contribution is 2.36. The third-order valence-electron chi connectivity index (χ3n) is 6.41. The molecule has 2 bridgehead atoms. The zero-order valence-electron chi connectivity index (χ0n) is 16.8. The minimum atomic E-state index is -0.0744. The Kier molecular flexibility index (Phi) is 5.44. The predicted octanol–water partition coefficient (Wildman–Crippen LogP) is 2.63. The van der Waals surface area contributed by atoms with E-state index in [2.05, 4.69) is 17.3 Å². The second-order valence-corrected chi connectivity index (χ2v) is 8.16. The van der Waals surface area contributed by atoms with Gasteiger partial charge in [0.05, 0.1) is 12.8 Å². The summed E-state index contributed by atoms with van der Waals surface area (Å²) in [6, 6.07) is 5.92. The Labute approximate surface area is 166 Å². The summed E-state index contributed by atoms with van der Waals surface area (Å²) in [6.07, 6.45) is 5.57. The van der Waals surface area contributed by atoms with Gasteiger partial charge in [0, 0.05) is 43.8 Å². The second kappa shape index (κ2) is 7.99. The molecule has 2 atom stereocenters. The number of rotatable bonds is 3. The van der Waals surface area contributed by atoms with E-state index in [9.17, 15) is 9.59 Å². The monoisotopic (exact) mass is 386 g/mol. The zero-order valence-corrected chi connectivity index (χ0v) is 16.8. The number of amides is 3. The van der Waals surface area contributed by atoms with Gasteiger partial charge in [-0.15, -0.1) is 0 Å². The van der Waals surface area contributed by atoms with Crippen LogP contribution >= 0.6 is 0 Å². The molecule has 3 heterocycles. The average Bonchev–Trinajstić information content (AvgIpc) is 2.97. The maximum absolute atomic E-state index is 13.0. The minimum absolute atomic E-state index is 0.00398. The van der Waals surface area contributed by atoms with Crippen LogP contribution in [0.3, 0.4) is 0 Å². The van der Waals surface area contributed by atoms with Gasteiger partial charge in [-0.2, -0.15) is 0 Å². The molecule has 0 aromatic heterocycles. The summed E-state index contributed by atoms with van der Waals surface area (Å²) in [5.41, 5.74) is 1.15. The van der Waals surface area contributed by atoms with E-state index in [4.69, 9.17) is 4.74 Å². The highest BCUT2D eigenvalue weighted by Gasteiger charge is 2.39. The molecule has 4 rings (SSSR count). The fourth-order valence-corrected chi connectivity index (χ4v) is 4.76. The topological polar surface area (TPSA) is 65.1 Å². The van der Waals surface area contributed by atoms with E-state index >= 15 is 0 Å². The quantitative estimate of drug-likeness (QED) is 0.867. The number of nitrogens with zero attached hydrogens (tertiary/aromatic N) is 3. The molecule has 3 aliphatic rings. The second-order valence-electron chi connectivity index (χ2n) is 8.16. The number of urea groups is 1. The predicted molar refractivity (Wildman–Crippen MR) is 108 cm³/mol.